The molecule has 0 atom stereocenters. The summed E-state index contributed by atoms with van der Waals surface area (Å²) in [6, 6.07) is 9.77. The van der Waals surface area contributed by atoms with Gasteiger partial charge in [0, 0.05) is 15.7 Å². The van der Waals surface area contributed by atoms with Crippen molar-refractivity contribution in [3.63, 3.8) is 0 Å². The molecule has 0 aliphatic heterocycles. The van der Waals surface area contributed by atoms with E-state index in [2.05, 4.69) is 5.32 Å². The molecule has 0 fully saturated rings. The molecule has 1 amide bonds. The fourth-order valence-electron chi connectivity index (χ4n) is 1.84. The lowest BCUT2D eigenvalue weighted by atomic mass is 10.2. The second-order valence-corrected chi connectivity index (χ2v) is 5.47. The Hall–Kier alpha value is -2.04. The lowest BCUT2D eigenvalue weighted by Gasteiger charge is -2.11. The molecule has 2 rings (SSSR count). The number of rotatable bonds is 5. The number of halogens is 2. The van der Waals surface area contributed by atoms with Crippen LogP contribution in [-0.2, 0) is 4.79 Å². The van der Waals surface area contributed by atoms with E-state index < -0.39 is 0 Å². The van der Waals surface area contributed by atoms with Gasteiger partial charge in [0.05, 0.1) is 5.56 Å². The summed E-state index contributed by atoms with van der Waals surface area (Å²) in [5, 5.41) is 3.75. The van der Waals surface area contributed by atoms with Gasteiger partial charge < -0.3 is 10.1 Å². The van der Waals surface area contributed by atoms with Gasteiger partial charge in [0.2, 0.25) is 0 Å². The number of hydrogen-bond acceptors (Lipinski definition) is 3. The molecule has 2 aromatic carbocycles. The third-order valence-electron chi connectivity index (χ3n) is 2.92. The minimum atomic E-state index is -0.336. The number of hydrogen-bond donors (Lipinski definition) is 1. The van der Waals surface area contributed by atoms with Crippen LogP contribution in [0, 0.1) is 6.92 Å². The standard InChI is InChI=1S/C16H13Cl2NO3/c1-10-6-12(17)2-4-14(10)19-16(21)9-22-15-5-3-13(18)7-11(15)8-20/h2-8H,9H2,1H3,(H,19,21). The number of benzene rings is 2. The number of carbonyl (C=O) groups is 2. The lowest BCUT2D eigenvalue weighted by molar-refractivity contribution is -0.118. The average molecular weight is 338 g/mol. The molecule has 0 unspecified atom stereocenters. The summed E-state index contributed by atoms with van der Waals surface area (Å²) >= 11 is 11.7. The van der Waals surface area contributed by atoms with E-state index in [0.717, 1.165) is 5.56 Å². The smallest absolute Gasteiger partial charge is 0.262 e. The minimum absolute atomic E-state index is 0.218. The fraction of sp³-hybridized carbons (Fsp3) is 0.125. The minimum Gasteiger partial charge on any atom is -0.483 e. The predicted molar refractivity (Wildman–Crippen MR) is 87.2 cm³/mol. The quantitative estimate of drug-likeness (QED) is 0.834. The van der Waals surface area contributed by atoms with Gasteiger partial charge in [-0.2, -0.15) is 0 Å². The molecule has 0 aliphatic rings. The van der Waals surface area contributed by atoms with Crippen molar-refractivity contribution in [2.75, 3.05) is 11.9 Å². The molecule has 0 aliphatic carbocycles. The van der Waals surface area contributed by atoms with E-state index in [1.165, 1.54) is 6.07 Å². The highest BCUT2D eigenvalue weighted by atomic mass is 35.5. The Morgan fingerprint density at radius 1 is 1.18 bits per heavy atom. The van der Waals surface area contributed by atoms with Gasteiger partial charge in [0.25, 0.3) is 5.91 Å². The molecule has 1 N–H and O–H groups in total. The third kappa shape index (κ3) is 4.23. The number of ether oxygens (including phenoxy) is 1. The van der Waals surface area contributed by atoms with Crippen LogP contribution in [0.25, 0.3) is 0 Å². The third-order valence-corrected chi connectivity index (χ3v) is 3.39. The van der Waals surface area contributed by atoms with Crippen LogP contribution in [-0.4, -0.2) is 18.8 Å². The van der Waals surface area contributed by atoms with Crippen molar-refractivity contribution in [3.05, 3.63) is 57.6 Å². The first-order valence-corrected chi connectivity index (χ1v) is 7.18. The summed E-state index contributed by atoms with van der Waals surface area (Å²) in [6.45, 7) is 1.62. The molecule has 0 saturated carbocycles. The van der Waals surface area contributed by atoms with Crippen LogP contribution in [0.3, 0.4) is 0 Å². The second kappa shape index (κ2) is 7.29. The van der Waals surface area contributed by atoms with Gasteiger partial charge in [0.15, 0.2) is 12.9 Å². The Balaban J connectivity index is 2.00. The van der Waals surface area contributed by atoms with Gasteiger partial charge in [-0.1, -0.05) is 23.2 Å². The number of aldehydes is 1. The van der Waals surface area contributed by atoms with Crippen molar-refractivity contribution in [2.45, 2.75) is 6.92 Å². The first kappa shape index (κ1) is 16.3. The van der Waals surface area contributed by atoms with E-state index in [-0.39, 0.29) is 12.5 Å². The molecule has 6 heteroatoms. The van der Waals surface area contributed by atoms with E-state index in [0.29, 0.717) is 33.3 Å². The molecule has 0 radical (unpaired) electrons. The highest BCUT2D eigenvalue weighted by Crippen LogP contribution is 2.22. The van der Waals surface area contributed by atoms with Crippen LogP contribution in [0.4, 0.5) is 5.69 Å². The van der Waals surface area contributed by atoms with Gasteiger partial charge in [0.1, 0.15) is 5.75 Å². The number of aryl methyl sites for hydroxylation is 1. The molecule has 0 spiro atoms. The largest absolute Gasteiger partial charge is 0.483 e. The number of carbonyl (C=O) groups excluding carboxylic acids is 2. The maximum absolute atomic E-state index is 11.9. The van der Waals surface area contributed by atoms with Crippen molar-refractivity contribution in [2.24, 2.45) is 0 Å². The number of anilines is 1. The molecule has 0 saturated heterocycles. The Bertz CT molecular complexity index is 717. The van der Waals surface area contributed by atoms with Gasteiger partial charge in [-0.05, 0) is 48.9 Å². The molecule has 114 valence electrons. The Morgan fingerprint density at radius 2 is 1.86 bits per heavy atom. The summed E-state index contributed by atoms with van der Waals surface area (Å²) in [5.41, 5.74) is 1.80. The van der Waals surface area contributed by atoms with Gasteiger partial charge >= 0.3 is 0 Å². The fourth-order valence-corrected chi connectivity index (χ4v) is 2.25. The molecular formula is C16H13Cl2NO3. The van der Waals surface area contributed by atoms with Crippen LogP contribution in [0.5, 0.6) is 5.75 Å². The zero-order valence-corrected chi connectivity index (χ0v) is 13.2. The van der Waals surface area contributed by atoms with E-state index in [1.54, 1.807) is 30.3 Å². The van der Waals surface area contributed by atoms with E-state index in [9.17, 15) is 9.59 Å². The van der Waals surface area contributed by atoms with Gasteiger partial charge in [-0.15, -0.1) is 0 Å². The summed E-state index contributed by atoms with van der Waals surface area (Å²) in [4.78, 5) is 22.8. The zero-order chi connectivity index (χ0) is 16.1. The second-order valence-electron chi connectivity index (χ2n) is 4.60. The van der Waals surface area contributed by atoms with E-state index >= 15 is 0 Å². The van der Waals surface area contributed by atoms with E-state index in [1.807, 2.05) is 6.92 Å². The zero-order valence-electron chi connectivity index (χ0n) is 11.7. The SMILES string of the molecule is Cc1cc(Cl)ccc1NC(=O)COc1ccc(Cl)cc1C=O. The average Bonchev–Trinajstić information content (AvgIpc) is 2.48. The number of amides is 1. The van der Waals surface area contributed by atoms with E-state index in [4.69, 9.17) is 27.9 Å². The lowest BCUT2D eigenvalue weighted by Crippen LogP contribution is -2.21. The summed E-state index contributed by atoms with van der Waals surface area (Å²) in [7, 11) is 0. The van der Waals surface area contributed by atoms with Crippen molar-refractivity contribution in [1.82, 2.24) is 0 Å². The summed E-state index contributed by atoms with van der Waals surface area (Å²) < 4.78 is 5.35. The highest BCUT2D eigenvalue weighted by Gasteiger charge is 2.09. The molecular weight excluding hydrogens is 325 g/mol. The van der Waals surface area contributed by atoms with Gasteiger partial charge in [-0.25, -0.2) is 0 Å². The highest BCUT2D eigenvalue weighted by molar-refractivity contribution is 6.31. The Kier molecular flexibility index (Phi) is 5.41. The maximum atomic E-state index is 11.9. The summed E-state index contributed by atoms with van der Waals surface area (Å²) in [5.74, 6) is -0.0281. The summed E-state index contributed by atoms with van der Waals surface area (Å²) in [6.07, 6.45) is 0.627. The first-order chi connectivity index (χ1) is 10.5. The molecule has 22 heavy (non-hydrogen) atoms. The topological polar surface area (TPSA) is 55.4 Å². The van der Waals surface area contributed by atoms with Crippen LogP contribution < -0.4 is 10.1 Å². The number of nitrogens with one attached hydrogen (secondary N) is 1. The van der Waals surface area contributed by atoms with Gasteiger partial charge in [-0.3, -0.25) is 9.59 Å². The van der Waals surface area contributed by atoms with Crippen LogP contribution in [0.2, 0.25) is 10.0 Å². The Labute approximate surface area is 138 Å². The van der Waals surface area contributed by atoms with Crippen molar-refractivity contribution in [1.29, 1.82) is 0 Å². The molecule has 0 aromatic heterocycles. The van der Waals surface area contributed by atoms with Crippen molar-refractivity contribution >= 4 is 41.1 Å². The van der Waals surface area contributed by atoms with Crippen molar-refractivity contribution in [3.8, 4) is 5.75 Å². The molecule has 0 bridgehead atoms. The Morgan fingerprint density at radius 3 is 2.55 bits per heavy atom. The maximum Gasteiger partial charge on any atom is 0.262 e. The monoisotopic (exact) mass is 337 g/mol. The molecule has 4 nitrogen and oxygen atoms in total. The molecule has 0 heterocycles. The van der Waals surface area contributed by atoms with Crippen molar-refractivity contribution < 1.29 is 14.3 Å². The van der Waals surface area contributed by atoms with Crippen LogP contribution in [0.1, 0.15) is 15.9 Å². The first-order valence-electron chi connectivity index (χ1n) is 6.43. The predicted octanol–water partition coefficient (Wildman–Crippen LogP) is 4.13. The van der Waals surface area contributed by atoms with Crippen LogP contribution >= 0.6 is 23.2 Å². The normalized spacial score (nSPS) is 10.1. The van der Waals surface area contributed by atoms with Crippen LogP contribution in [0.15, 0.2) is 36.4 Å². The molecule has 2 aromatic rings.